The Bertz CT molecular complexity index is 472. The molecule has 0 aliphatic rings. The average molecular weight is 352 g/mol. The highest BCUT2D eigenvalue weighted by Gasteiger charge is 2.11. The first-order valence-electron chi connectivity index (χ1n) is 4.33. The minimum Gasteiger partial charge on any atom is -0.252 e. The number of nitrogens with zero attached hydrogens (tertiary/aromatic N) is 3. The van der Waals surface area contributed by atoms with Crippen molar-refractivity contribution < 1.29 is 0 Å². The molecule has 0 saturated heterocycles. The zero-order chi connectivity index (χ0) is 10.8. The van der Waals surface area contributed by atoms with E-state index in [1.165, 1.54) is 11.3 Å². The third kappa shape index (κ3) is 2.29. The largest absolute Gasteiger partial charge is 0.252 e. The maximum atomic E-state index is 6.04. The fraction of sp³-hybridized carbons (Fsp3) is 0.222. The van der Waals surface area contributed by atoms with Gasteiger partial charge in [-0.2, -0.15) is 0 Å². The van der Waals surface area contributed by atoms with Crippen LogP contribution < -0.4 is 0 Å². The number of hydrogen-bond acceptors (Lipinski definition) is 4. The molecule has 0 aliphatic carbocycles. The molecular formula is C9H7ClIN3S. The number of aromatic nitrogens is 3. The molecule has 0 spiro atoms. The van der Waals surface area contributed by atoms with Crippen molar-refractivity contribution >= 4 is 45.5 Å². The van der Waals surface area contributed by atoms with Crippen molar-refractivity contribution in [3.8, 4) is 10.7 Å². The molecule has 0 amide bonds. The summed E-state index contributed by atoms with van der Waals surface area (Å²) < 4.78 is 0.935. The standard InChI is InChI=1S/C9H7ClIN3S/c1-2-5-7(11)8(10)14-9(13-5)6-3-12-4-15-6/h3-4H,2H2,1H3. The van der Waals surface area contributed by atoms with Crippen molar-refractivity contribution in [2.45, 2.75) is 13.3 Å². The lowest BCUT2D eigenvalue weighted by atomic mass is 10.3. The highest BCUT2D eigenvalue weighted by atomic mass is 127. The Morgan fingerprint density at radius 2 is 2.27 bits per heavy atom. The molecule has 0 radical (unpaired) electrons. The summed E-state index contributed by atoms with van der Waals surface area (Å²) in [4.78, 5) is 13.6. The van der Waals surface area contributed by atoms with Gasteiger partial charge in [-0.25, -0.2) is 9.97 Å². The second-order valence-electron chi connectivity index (χ2n) is 2.82. The van der Waals surface area contributed by atoms with Gasteiger partial charge < -0.3 is 0 Å². The monoisotopic (exact) mass is 351 g/mol. The van der Waals surface area contributed by atoms with E-state index < -0.39 is 0 Å². The zero-order valence-corrected chi connectivity index (χ0v) is 11.6. The van der Waals surface area contributed by atoms with Crippen molar-refractivity contribution in [1.82, 2.24) is 15.0 Å². The van der Waals surface area contributed by atoms with Crippen LogP contribution in [0.25, 0.3) is 10.7 Å². The van der Waals surface area contributed by atoms with Gasteiger partial charge in [-0.15, -0.1) is 11.3 Å². The first-order valence-corrected chi connectivity index (χ1v) is 6.66. The smallest absolute Gasteiger partial charge is 0.172 e. The molecule has 15 heavy (non-hydrogen) atoms. The van der Waals surface area contributed by atoms with Crippen molar-refractivity contribution in [3.05, 3.63) is 26.1 Å². The lowest BCUT2D eigenvalue weighted by Gasteiger charge is -2.04. The van der Waals surface area contributed by atoms with Gasteiger partial charge >= 0.3 is 0 Å². The van der Waals surface area contributed by atoms with Crippen LogP contribution in [0.3, 0.4) is 0 Å². The normalized spacial score (nSPS) is 10.6. The maximum absolute atomic E-state index is 6.04. The molecule has 0 unspecified atom stereocenters. The van der Waals surface area contributed by atoms with Crippen LogP contribution >= 0.6 is 45.5 Å². The van der Waals surface area contributed by atoms with Crippen LogP contribution in [-0.2, 0) is 6.42 Å². The molecule has 3 nitrogen and oxygen atoms in total. The second kappa shape index (κ2) is 4.71. The molecule has 78 valence electrons. The van der Waals surface area contributed by atoms with E-state index in [-0.39, 0.29) is 0 Å². The summed E-state index contributed by atoms with van der Waals surface area (Å²) in [5, 5.41) is 0.519. The van der Waals surface area contributed by atoms with Crippen LogP contribution in [-0.4, -0.2) is 15.0 Å². The van der Waals surface area contributed by atoms with E-state index in [9.17, 15) is 0 Å². The highest BCUT2D eigenvalue weighted by molar-refractivity contribution is 14.1. The summed E-state index contributed by atoms with van der Waals surface area (Å²) in [5.41, 5.74) is 2.75. The lowest BCUT2D eigenvalue weighted by molar-refractivity contribution is 0.991. The van der Waals surface area contributed by atoms with Gasteiger partial charge in [0, 0.05) is 6.20 Å². The Balaban J connectivity index is 2.55. The Morgan fingerprint density at radius 1 is 1.47 bits per heavy atom. The molecule has 2 rings (SSSR count). The van der Waals surface area contributed by atoms with Gasteiger partial charge in [0.1, 0.15) is 5.15 Å². The van der Waals surface area contributed by atoms with Crippen molar-refractivity contribution in [2.24, 2.45) is 0 Å². The number of halogens is 2. The first-order chi connectivity index (χ1) is 7.22. The molecule has 6 heteroatoms. The van der Waals surface area contributed by atoms with E-state index >= 15 is 0 Å². The number of aryl methyl sites for hydroxylation is 1. The summed E-state index contributed by atoms with van der Waals surface area (Å²) >= 11 is 9.72. The van der Waals surface area contributed by atoms with Crippen LogP contribution in [0.15, 0.2) is 11.7 Å². The third-order valence-electron chi connectivity index (χ3n) is 1.87. The van der Waals surface area contributed by atoms with E-state index in [0.29, 0.717) is 11.0 Å². The quantitative estimate of drug-likeness (QED) is 0.615. The van der Waals surface area contributed by atoms with Gasteiger partial charge in [0.2, 0.25) is 0 Å². The topological polar surface area (TPSA) is 38.7 Å². The van der Waals surface area contributed by atoms with Gasteiger partial charge in [0.25, 0.3) is 0 Å². The van der Waals surface area contributed by atoms with Crippen molar-refractivity contribution in [3.63, 3.8) is 0 Å². The first kappa shape index (κ1) is 11.2. The molecule has 0 saturated carbocycles. The highest BCUT2D eigenvalue weighted by Crippen LogP contribution is 2.25. The molecule has 2 aromatic heterocycles. The van der Waals surface area contributed by atoms with E-state index in [1.54, 1.807) is 11.7 Å². The molecular weight excluding hydrogens is 345 g/mol. The summed E-state index contributed by atoms with van der Waals surface area (Å²) in [5.74, 6) is 0.666. The van der Waals surface area contributed by atoms with Gasteiger partial charge in [-0.1, -0.05) is 18.5 Å². The molecule has 2 heterocycles. The predicted molar refractivity (Wildman–Crippen MR) is 70.2 cm³/mol. The van der Waals surface area contributed by atoms with Crippen LogP contribution in [0.1, 0.15) is 12.6 Å². The minimum atomic E-state index is 0.519. The fourth-order valence-corrected chi connectivity index (χ4v) is 2.50. The predicted octanol–water partition coefficient (Wildman–Crippen LogP) is 3.42. The summed E-state index contributed by atoms with van der Waals surface area (Å²) in [6.07, 6.45) is 2.61. The Hall–Kier alpha value is -0.270. The molecule has 2 aromatic rings. The van der Waals surface area contributed by atoms with Gasteiger partial charge in [-0.05, 0) is 29.0 Å². The minimum absolute atomic E-state index is 0.519. The summed E-state index contributed by atoms with van der Waals surface area (Å²) in [6, 6.07) is 0. The maximum Gasteiger partial charge on any atom is 0.172 e. The van der Waals surface area contributed by atoms with E-state index in [0.717, 1.165) is 20.6 Å². The number of rotatable bonds is 2. The second-order valence-corrected chi connectivity index (χ2v) is 5.14. The number of thiazole rings is 1. The van der Waals surface area contributed by atoms with E-state index in [4.69, 9.17) is 11.6 Å². The lowest BCUT2D eigenvalue weighted by Crippen LogP contribution is -1.98. The molecule has 0 bridgehead atoms. The van der Waals surface area contributed by atoms with Gasteiger partial charge in [-0.3, -0.25) is 4.98 Å². The molecule has 0 atom stereocenters. The van der Waals surface area contributed by atoms with Crippen LogP contribution in [0, 0.1) is 3.57 Å². The summed E-state index contributed by atoms with van der Waals surface area (Å²) in [6.45, 7) is 2.05. The zero-order valence-electron chi connectivity index (χ0n) is 7.87. The van der Waals surface area contributed by atoms with E-state index in [1.807, 2.05) is 0 Å². The van der Waals surface area contributed by atoms with Gasteiger partial charge in [0.15, 0.2) is 5.82 Å². The third-order valence-corrected chi connectivity index (χ3v) is 4.36. The Morgan fingerprint density at radius 3 is 2.87 bits per heavy atom. The average Bonchev–Trinajstić information content (AvgIpc) is 2.75. The van der Waals surface area contributed by atoms with Crippen LogP contribution in [0.5, 0.6) is 0 Å². The molecule has 0 aliphatic heterocycles. The Labute approximate surface area is 110 Å². The van der Waals surface area contributed by atoms with Crippen LogP contribution in [0.2, 0.25) is 5.15 Å². The number of hydrogen-bond donors (Lipinski definition) is 0. The van der Waals surface area contributed by atoms with Crippen molar-refractivity contribution in [2.75, 3.05) is 0 Å². The fourth-order valence-electron chi connectivity index (χ4n) is 1.13. The Kier molecular flexibility index (Phi) is 3.53. The molecule has 0 N–H and O–H groups in total. The van der Waals surface area contributed by atoms with Crippen LogP contribution in [0.4, 0.5) is 0 Å². The molecule has 0 fully saturated rings. The van der Waals surface area contributed by atoms with Gasteiger partial charge in [0.05, 0.1) is 19.7 Å². The van der Waals surface area contributed by atoms with Crippen molar-refractivity contribution in [1.29, 1.82) is 0 Å². The molecule has 0 aromatic carbocycles. The van der Waals surface area contributed by atoms with E-state index in [2.05, 4.69) is 44.5 Å². The summed E-state index contributed by atoms with van der Waals surface area (Å²) in [7, 11) is 0. The SMILES string of the molecule is CCc1nc(-c2cncs2)nc(Cl)c1I.